The molecule has 0 atom stereocenters. The Morgan fingerprint density at radius 2 is 1.89 bits per heavy atom. The molecule has 92 valence electrons. The van der Waals surface area contributed by atoms with Crippen LogP contribution in [-0.2, 0) is 0 Å². The summed E-state index contributed by atoms with van der Waals surface area (Å²) < 4.78 is 18.8. The standard InChI is InChI=1S/C14H11FO3/c1-18-13-8-11(14(16)17)12(15)7-10(13)9-5-3-2-4-6-9/h2-8H,1H3,(H,16,17). The number of benzene rings is 2. The van der Waals surface area contributed by atoms with Crippen LogP contribution >= 0.6 is 0 Å². The van der Waals surface area contributed by atoms with Crippen molar-refractivity contribution < 1.29 is 19.0 Å². The number of carbonyl (C=O) groups is 1. The predicted octanol–water partition coefficient (Wildman–Crippen LogP) is 3.20. The minimum Gasteiger partial charge on any atom is -0.496 e. The van der Waals surface area contributed by atoms with Crippen LogP contribution in [0.15, 0.2) is 42.5 Å². The molecule has 0 saturated heterocycles. The smallest absolute Gasteiger partial charge is 0.338 e. The second-order valence-corrected chi connectivity index (χ2v) is 3.70. The number of carboxylic acid groups (broad SMARTS) is 1. The van der Waals surface area contributed by atoms with Crippen LogP contribution in [0.3, 0.4) is 0 Å². The lowest BCUT2D eigenvalue weighted by molar-refractivity contribution is 0.0691. The molecule has 4 heteroatoms. The average molecular weight is 246 g/mol. The molecule has 0 saturated carbocycles. The summed E-state index contributed by atoms with van der Waals surface area (Å²) in [6, 6.07) is 11.5. The van der Waals surface area contributed by atoms with E-state index in [1.165, 1.54) is 19.2 Å². The van der Waals surface area contributed by atoms with Crippen LogP contribution in [0.4, 0.5) is 4.39 Å². The summed E-state index contributed by atoms with van der Waals surface area (Å²) in [6.07, 6.45) is 0. The molecule has 0 bridgehead atoms. The number of rotatable bonds is 3. The molecule has 2 aromatic carbocycles. The van der Waals surface area contributed by atoms with Crippen molar-refractivity contribution in [2.45, 2.75) is 0 Å². The van der Waals surface area contributed by atoms with Crippen LogP contribution in [0.2, 0.25) is 0 Å². The first-order chi connectivity index (χ1) is 8.63. The van der Waals surface area contributed by atoms with Gasteiger partial charge in [0.1, 0.15) is 11.6 Å². The topological polar surface area (TPSA) is 46.5 Å². The maximum absolute atomic E-state index is 13.7. The minimum atomic E-state index is -1.31. The van der Waals surface area contributed by atoms with Gasteiger partial charge >= 0.3 is 5.97 Å². The highest BCUT2D eigenvalue weighted by Gasteiger charge is 2.16. The van der Waals surface area contributed by atoms with E-state index in [0.29, 0.717) is 11.3 Å². The van der Waals surface area contributed by atoms with Gasteiger partial charge in [0.25, 0.3) is 0 Å². The van der Waals surface area contributed by atoms with Crippen LogP contribution in [0, 0.1) is 5.82 Å². The lowest BCUT2D eigenvalue weighted by Gasteiger charge is -2.10. The van der Waals surface area contributed by atoms with Crippen molar-refractivity contribution in [2.75, 3.05) is 7.11 Å². The monoisotopic (exact) mass is 246 g/mol. The molecule has 0 amide bonds. The molecule has 0 aliphatic carbocycles. The van der Waals surface area contributed by atoms with E-state index in [4.69, 9.17) is 9.84 Å². The first-order valence-electron chi connectivity index (χ1n) is 5.29. The summed E-state index contributed by atoms with van der Waals surface area (Å²) in [5.74, 6) is -1.76. The fourth-order valence-corrected chi connectivity index (χ4v) is 1.73. The molecule has 0 aliphatic rings. The molecular formula is C14H11FO3. The first kappa shape index (κ1) is 12.1. The number of carboxylic acids is 1. The van der Waals surface area contributed by atoms with E-state index < -0.39 is 17.3 Å². The minimum absolute atomic E-state index is 0.333. The van der Waals surface area contributed by atoms with Gasteiger partial charge in [0.15, 0.2) is 0 Å². The summed E-state index contributed by atoms with van der Waals surface area (Å²) in [7, 11) is 1.42. The Balaban J connectivity index is 2.62. The molecular weight excluding hydrogens is 235 g/mol. The number of hydrogen-bond acceptors (Lipinski definition) is 2. The lowest BCUT2D eigenvalue weighted by Crippen LogP contribution is -2.02. The Morgan fingerprint density at radius 1 is 1.22 bits per heavy atom. The van der Waals surface area contributed by atoms with Crippen molar-refractivity contribution in [3.63, 3.8) is 0 Å². The van der Waals surface area contributed by atoms with E-state index in [1.807, 2.05) is 18.2 Å². The molecule has 1 N–H and O–H groups in total. The van der Waals surface area contributed by atoms with Gasteiger partial charge in [-0.15, -0.1) is 0 Å². The largest absolute Gasteiger partial charge is 0.496 e. The first-order valence-corrected chi connectivity index (χ1v) is 5.29. The van der Waals surface area contributed by atoms with Gasteiger partial charge in [0.2, 0.25) is 0 Å². The maximum atomic E-state index is 13.7. The van der Waals surface area contributed by atoms with E-state index in [9.17, 15) is 9.18 Å². The molecule has 0 heterocycles. The molecule has 0 unspecified atom stereocenters. The Morgan fingerprint density at radius 3 is 2.44 bits per heavy atom. The van der Waals surface area contributed by atoms with Gasteiger partial charge in [-0.25, -0.2) is 9.18 Å². The molecule has 0 fully saturated rings. The molecule has 0 aromatic heterocycles. The number of ether oxygens (including phenoxy) is 1. The number of aromatic carboxylic acids is 1. The van der Waals surface area contributed by atoms with Crippen LogP contribution in [-0.4, -0.2) is 18.2 Å². The van der Waals surface area contributed by atoms with Crippen molar-refractivity contribution in [1.82, 2.24) is 0 Å². The summed E-state index contributed by atoms with van der Waals surface area (Å²) in [4.78, 5) is 10.8. The third-order valence-electron chi connectivity index (χ3n) is 2.60. The third kappa shape index (κ3) is 2.18. The highest BCUT2D eigenvalue weighted by molar-refractivity contribution is 5.90. The average Bonchev–Trinajstić information content (AvgIpc) is 2.39. The zero-order valence-electron chi connectivity index (χ0n) is 9.68. The predicted molar refractivity (Wildman–Crippen MR) is 65.3 cm³/mol. The SMILES string of the molecule is COc1cc(C(=O)O)c(F)cc1-c1ccccc1. The molecule has 3 nitrogen and oxygen atoms in total. The van der Waals surface area contributed by atoms with Gasteiger partial charge in [-0.05, 0) is 17.7 Å². The molecule has 0 spiro atoms. The van der Waals surface area contributed by atoms with Gasteiger partial charge < -0.3 is 9.84 Å². The summed E-state index contributed by atoms with van der Waals surface area (Å²) in [5, 5.41) is 8.85. The van der Waals surface area contributed by atoms with Crippen LogP contribution in [0.25, 0.3) is 11.1 Å². The Labute approximate surface area is 103 Å². The van der Waals surface area contributed by atoms with E-state index in [0.717, 1.165) is 5.56 Å². The van der Waals surface area contributed by atoms with Gasteiger partial charge in [-0.1, -0.05) is 30.3 Å². The second kappa shape index (κ2) is 4.87. The highest BCUT2D eigenvalue weighted by atomic mass is 19.1. The quantitative estimate of drug-likeness (QED) is 0.904. The van der Waals surface area contributed by atoms with Gasteiger partial charge in [0.05, 0.1) is 12.7 Å². The van der Waals surface area contributed by atoms with Crippen LogP contribution in [0.5, 0.6) is 5.75 Å². The van der Waals surface area contributed by atoms with Gasteiger partial charge in [-0.3, -0.25) is 0 Å². The van der Waals surface area contributed by atoms with Crippen molar-refractivity contribution in [1.29, 1.82) is 0 Å². The molecule has 2 aromatic rings. The van der Waals surface area contributed by atoms with Crippen LogP contribution in [0.1, 0.15) is 10.4 Å². The Bertz CT molecular complexity index is 579. The number of halogens is 1. The zero-order chi connectivity index (χ0) is 13.1. The zero-order valence-corrected chi connectivity index (χ0v) is 9.68. The van der Waals surface area contributed by atoms with Crippen molar-refractivity contribution >= 4 is 5.97 Å². The fourth-order valence-electron chi connectivity index (χ4n) is 1.73. The summed E-state index contributed by atoms with van der Waals surface area (Å²) >= 11 is 0. The van der Waals surface area contributed by atoms with E-state index in [-0.39, 0.29) is 0 Å². The normalized spacial score (nSPS) is 10.1. The fraction of sp³-hybridized carbons (Fsp3) is 0.0714. The third-order valence-corrected chi connectivity index (χ3v) is 2.60. The Hall–Kier alpha value is -2.36. The summed E-state index contributed by atoms with van der Waals surface area (Å²) in [5.41, 5.74) is 0.900. The number of hydrogen-bond donors (Lipinski definition) is 1. The highest BCUT2D eigenvalue weighted by Crippen LogP contribution is 2.32. The van der Waals surface area contributed by atoms with Gasteiger partial charge in [-0.2, -0.15) is 0 Å². The van der Waals surface area contributed by atoms with Crippen molar-refractivity contribution in [3.8, 4) is 16.9 Å². The van der Waals surface area contributed by atoms with Gasteiger partial charge in [0, 0.05) is 5.56 Å². The Kier molecular flexibility index (Phi) is 3.28. The van der Waals surface area contributed by atoms with Crippen LogP contribution < -0.4 is 4.74 Å². The second-order valence-electron chi connectivity index (χ2n) is 3.70. The van der Waals surface area contributed by atoms with Crippen molar-refractivity contribution in [3.05, 3.63) is 53.8 Å². The maximum Gasteiger partial charge on any atom is 0.338 e. The van der Waals surface area contributed by atoms with E-state index in [2.05, 4.69) is 0 Å². The molecule has 0 radical (unpaired) electrons. The lowest BCUT2D eigenvalue weighted by atomic mass is 10.0. The molecule has 18 heavy (non-hydrogen) atoms. The molecule has 2 rings (SSSR count). The van der Waals surface area contributed by atoms with E-state index >= 15 is 0 Å². The summed E-state index contributed by atoms with van der Waals surface area (Å²) in [6.45, 7) is 0. The molecule has 0 aliphatic heterocycles. The van der Waals surface area contributed by atoms with E-state index in [1.54, 1.807) is 12.1 Å². The number of methoxy groups -OCH3 is 1. The van der Waals surface area contributed by atoms with Crippen molar-refractivity contribution in [2.24, 2.45) is 0 Å².